The zero-order valence-electron chi connectivity index (χ0n) is 14.8. The minimum atomic E-state index is 0.158. The van der Waals surface area contributed by atoms with Crippen LogP contribution in [-0.2, 0) is 0 Å². The quantitative estimate of drug-likeness (QED) is 0.556. The number of nitrogens with zero attached hydrogens (tertiary/aromatic N) is 3. The zero-order chi connectivity index (χ0) is 17.9. The highest BCUT2D eigenvalue weighted by molar-refractivity contribution is 5.78. The first kappa shape index (κ1) is 16.1. The van der Waals surface area contributed by atoms with Crippen molar-refractivity contribution in [3.05, 3.63) is 73.1 Å². The molecule has 1 N–H and O–H groups in total. The van der Waals surface area contributed by atoms with Crippen LogP contribution in [0.2, 0.25) is 0 Å². The van der Waals surface area contributed by atoms with Crippen molar-refractivity contribution < 1.29 is 4.74 Å². The highest BCUT2D eigenvalue weighted by Crippen LogP contribution is 2.22. The van der Waals surface area contributed by atoms with Crippen molar-refractivity contribution in [1.29, 1.82) is 0 Å². The Hall–Kier alpha value is -3.34. The van der Waals surface area contributed by atoms with E-state index in [-0.39, 0.29) is 6.10 Å². The predicted octanol–water partition coefficient (Wildman–Crippen LogP) is 4.95. The summed E-state index contributed by atoms with van der Waals surface area (Å²) in [5, 5.41) is 4.25. The Balaban J connectivity index is 1.61. The lowest BCUT2D eigenvalue weighted by molar-refractivity contribution is 0.242. The van der Waals surface area contributed by atoms with Crippen molar-refractivity contribution in [3.63, 3.8) is 0 Å². The van der Waals surface area contributed by atoms with Gasteiger partial charge in [-0.3, -0.25) is 0 Å². The second-order valence-electron chi connectivity index (χ2n) is 6.31. The third-order valence-corrected chi connectivity index (χ3v) is 3.94. The molecule has 0 unspecified atom stereocenters. The van der Waals surface area contributed by atoms with Gasteiger partial charge in [0.05, 0.1) is 6.10 Å². The van der Waals surface area contributed by atoms with Gasteiger partial charge < -0.3 is 14.6 Å². The summed E-state index contributed by atoms with van der Waals surface area (Å²) in [7, 11) is 0. The van der Waals surface area contributed by atoms with Crippen LogP contribution < -0.4 is 10.1 Å². The van der Waals surface area contributed by atoms with Gasteiger partial charge in [-0.25, -0.2) is 4.98 Å². The van der Waals surface area contributed by atoms with Crippen molar-refractivity contribution >= 4 is 22.7 Å². The summed E-state index contributed by atoms with van der Waals surface area (Å²) < 4.78 is 7.73. The van der Waals surface area contributed by atoms with E-state index in [1.54, 1.807) is 0 Å². The molecule has 0 amide bonds. The molecular formula is C21H20N4O. The van der Waals surface area contributed by atoms with E-state index in [9.17, 15) is 0 Å². The maximum Gasteiger partial charge on any atom is 0.229 e. The van der Waals surface area contributed by atoms with Gasteiger partial charge in [0.1, 0.15) is 11.4 Å². The highest BCUT2D eigenvalue weighted by atomic mass is 16.5. The third kappa shape index (κ3) is 3.37. The summed E-state index contributed by atoms with van der Waals surface area (Å²) in [6, 6.07) is 20.0. The summed E-state index contributed by atoms with van der Waals surface area (Å²) in [5.41, 5.74) is 2.86. The topological polar surface area (TPSA) is 52.0 Å². The van der Waals surface area contributed by atoms with Crippen molar-refractivity contribution in [1.82, 2.24) is 14.5 Å². The number of aromatic nitrogens is 3. The lowest BCUT2D eigenvalue weighted by atomic mass is 10.3. The van der Waals surface area contributed by atoms with E-state index in [4.69, 9.17) is 4.74 Å². The summed E-state index contributed by atoms with van der Waals surface area (Å²) in [6.07, 6.45) is 4.00. The van der Waals surface area contributed by atoms with Gasteiger partial charge in [0, 0.05) is 29.2 Å². The van der Waals surface area contributed by atoms with Gasteiger partial charge in [0.15, 0.2) is 0 Å². The molecule has 0 aliphatic carbocycles. The lowest BCUT2D eigenvalue weighted by Gasteiger charge is -2.11. The summed E-state index contributed by atoms with van der Waals surface area (Å²) in [4.78, 5) is 9.10. The van der Waals surface area contributed by atoms with Gasteiger partial charge in [-0.1, -0.05) is 18.2 Å². The minimum Gasteiger partial charge on any atom is -0.491 e. The van der Waals surface area contributed by atoms with E-state index in [1.165, 1.54) is 0 Å². The largest absolute Gasteiger partial charge is 0.491 e. The standard InChI is InChI=1S/C21H20N4O/c1-15(2)26-19-10-8-17(9-11-19)23-21-22-14-16-12-13-25(20(16)24-21)18-6-4-3-5-7-18/h3-15H,1-2H3,(H,22,23,24). The van der Waals surface area contributed by atoms with Crippen LogP contribution in [0.1, 0.15) is 13.8 Å². The number of benzene rings is 2. The Morgan fingerprint density at radius 1 is 0.962 bits per heavy atom. The number of hydrogen-bond donors (Lipinski definition) is 1. The van der Waals surface area contributed by atoms with Crippen LogP contribution >= 0.6 is 0 Å². The van der Waals surface area contributed by atoms with Gasteiger partial charge in [0.25, 0.3) is 0 Å². The zero-order valence-corrected chi connectivity index (χ0v) is 14.8. The SMILES string of the molecule is CC(C)Oc1ccc(Nc2ncc3ccn(-c4ccccc4)c3n2)cc1. The maximum atomic E-state index is 5.67. The van der Waals surface area contributed by atoms with Gasteiger partial charge in [-0.2, -0.15) is 4.98 Å². The lowest BCUT2D eigenvalue weighted by Crippen LogP contribution is -2.05. The molecule has 0 saturated carbocycles. The molecule has 0 fully saturated rings. The predicted molar refractivity (Wildman–Crippen MR) is 104 cm³/mol. The number of nitrogens with one attached hydrogen (secondary N) is 1. The first-order valence-corrected chi connectivity index (χ1v) is 8.62. The number of ether oxygens (including phenoxy) is 1. The Labute approximate surface area is 152 Å². The number of fused-ring (bicyclic) bond motifs is 1. The molecule has 5 heteroatoms. The van der Waals surface area contributed by atoms with E-state index in [2.05, 4.69) is 32.0 Å². The van der Waals surface area contributed by atoms with E-state index in [0.29, 0.717) is 5.95 Å². The molecule has 0 saturated heterocycles. The van der Waals surface area contributed by atoms with Gasteiger partial charge >= 0.3 is 0 Å². The van der Waals surface area contributed by atoms with Crippen LogP contribution in [0.25, 0.3) is 16.7 Å². The second-order valence-corrected chi connectivity index (χ2v) is 6.31. The molecule has 4 rings (SSSR count). The average molecular weight is 344 g/mol. The molecule has 0 atom stereocenters. The molecule has 2 aromatic heterocycles. The summed E-state index contributed by atoms with van der Waals surface area (Å²) in [6.45, 7) is 4.02. The van der Waals surface area contributed by atoms with Crippen molar-refractivity contribution in [2.75, 3.05) is 5.32 Å². The first-order chi connectivity index (χ1) is 12.7. The van der Waals surface area contributed by atoms with Crippen LogP contribution in [0.3, 0.4) is 0 Å². The Bertz CT molecular complexity index is 1010. The smallest absolute Gasteiger partial charge is 0.229 e. The normalized spacial score (nSPS) is 11.0. The molecule has 0 aliphatic heterocycles. The molecule has 0 bridgehead atoms. The van der Waals surface area contributed by atoms with Crippen molar-refractivity contribution in [3.8, 4) is 11.4 Å². The fourth-order valence-electron chi connectivity index (χ4n) is 2.79. The van der Waals surface area contributed by atoms with Crippen LogP contribution in [0.4, 0.5) is 11.6 Å². The molecule has 0 aliphatic rings. The molecule has 130 valence electrons. The van der Waals surface area contributed by atoms with E-state index < -0.39 is 0 Å². The molecule has 26 heavy (non-hydrogen) atoms. The summed E-state index contributed by atoms with van der Waals surface area (Å²) in [5.74, 6) is 1.41. The van der Waals surface area contributed by atoms with E-state index in [1.807, 2.05) is 74.8 Å². The summed E-state index contributed by atoms with van der Waals surface area (Å²) >= 11 is 0. The first-order valence-electron chi connectivity index (χ1n) is 8.62. The number of rotatable bonds is 5. The van der Waals surface area contributed by atoms with E-state index in [0.717, 1.165) is 28.2 Å². The molecular weight excluding hydrogens is 324 g/mol. The van der Waals surface area contributed by atoms with Crippen LogP contribution in [0, 0.1) is 0 Å². The van der Waals surface area contributed by atoms with Crippen LogP contribution in [0.5, 0.6) is 5.75 Å². The van der Waals surface area contributed by atoms with Gasteiger partial charge in [-0.05, 0) is 56.3 Å². The minimum absolute atomic E-state index is 0.158. The fraction of sp³-hybridized carbons (Fsp3) is 0.143. The second kappa shape index (κ2) is 6.88. The Morgan fingerprint density at radius 3 is 2.46 bits per heavy atom. The Kier molecular flexibility index (Phi) is 4.27. The molecule has 0 spiro atoms. The molecule has 4 aromatic rings. The van der Waals surface area contributed by atoms with E-state index >= 15 is 0 Å². The number of anilines is 2. The van der Waals surface area contributed by atoms with Crippen LogP contribution in [-0.4, -0.2) is 20.6 Å². The highest BCUT2D eigenvalue weighted by Gasteiger charge is 2.07. The molecule has 2 heterocycles. The number of para-hydroxylation sites is 1. The fourth-order valence-corrected chi connectivity index (χ4v) is 2.79. The molecule has 0 radical (unpaired) electrons. The van der Waals surface area contributed by atoms with Crippen LogP contribution in [0.15, 0.2) is 73.1 Å². The number of hydrogen-bond acceptors (Lipinski definition) is 4. The molecule has 2 aromatic carbocycles. The van der Waals surface area contributed by atoms with Gasteiger partial charge in [-0.15, -0.1) is 0 Å². The third-order valence-electron chi connectivity index (χ3n) is 3.94. The van der Waals surface area contributed by atoms with Crippen molar-refractivity contribution in [2.45, 2.75) is 20.0 Å². The van der Waals surface area contributed by atoms with Gasteiger partial charge in [0.2, 0.25) is 5.95 Å². The average Bonchev–Trinajstić information content (AvgIpc) is 3.07. The Morgan fingerprint density at radius 2 is 1.73 bits per heavy atom. The maximum absolute atomic E-state index is 5.67. The molecule has 5 nitrogen and oxygen atoms in total. The van der Waals surface area contributed by atoms with Crippen molar-refractivity contribution in [2.24, 2.45) is 0 Å². The monoisotopic (exact) mass is 344 g/mol.